The summed E-state index contributed by atoms with van der Waals surface area (Å²) < 4.78 is 13.7. The molecular weight excluding hydrogens is 295 g/mol. The van der Waals surface area contributed by atoms with Crippen LogP contribution in [0.2, 0.25) is 5.02 Å². The highest BCUT2D eigenvalue weighted by molar-refractivity contribution is 6.31. The number of amides is 2. The molecule has 0 spiro atoms. The van der Waals surface area contributed by atoms with Gasteiger partial charge in [0.25, 0.3) is 0 Å². The molecule has 1 fully saturated rings. The third-order valence-corrected chi connectivity index (χ3v) is 4.04. The van der Waals surface area contributed by atoms with Gasteiger partial charge in [0, 0.05) is 43.7 Å². The lowest BCUT2D eigenvalue weighted by Crippen LogP contribution is -2.37. The number of carbonyl (C=O) groups excluding carboxylic acids is 2. The van der Waals surface area contributed by atoms with Crippen molar-refractivity contribution in [1.29, 1.82) is 0 Å². The van der Waals surface area contributed by atoms with Crippen LogP contribution in [0.1, 0.15) is 18.9 Å². The molecule has 0 saturated carbocycles. The molecule has 1 heterocycles. The van der Waals surface area contributed by atoms with Crippen molar-refractivity contribution < 1.29 is 14.0 Å². The SMILES string of the molecule is CC(=O)N1CCCN(C(=O)Cc2c(F)cccc2Cl)CC1. The van der Waals surface area contributed by atoms with Crippen molar-refractivity contribution in [3.63, 3.8) is 0 Å². The molecular formula is C15H18ClFN2O2. The molecule has 1 aliphatic rings. The zero-order valence-electron chi connectivity index (χ0n) is 11.9. The maximum Gasteiger partial charge on any atom is 0.227 e. The molecule has 1 aliphatic heterocycles. The second-order valence-corrected chi connectivity index (χ2v) is 5.52. The van der Waals surface area contributed by atoms with Crippen molar-refractivity contribution in [2.24, 2.45) is 0 Å². The maximum atomic E-state index is 13.7. The molecule has 114 valence electrons. The molecule has 0 atom stereocenters. The Kier molecular flexibility index (Phi) is 5.17. The van der Waals surface area contributed by atoms with Gasteiger partial charge in [-0.1, -0.05) is 17.7 Å². The highest BCUT2D eigenvalue weighted by Gasteiger charge is 2.22. The molecule has 0 aliphatic carbocycles. The molecule has 1 saturated heterocycles. The van der Waals surface area contributed by atoms with E-state index in [9.17, 15) is 14.0 Å². The van der Waals surface area contributed by atoms with E-state index in [1.54, 1.807) is 15.9 Å². The average Bonchev–Trinajstić information content (AvgIpc) is 2.69. The largest absolute Gasteiger partial charge is 0.341 e. The van der Waals surface area contributed by atoms with E-state index in [1.807, 2.05) is 0 Å². The van der Waals surface area contributed by atoms with Crippen molar-refractivity contribution in [3.8, 4) is 0 Å². The molecule has 0 radical (unpaired) electrons. The van der Waals surface area contributed by atoms with Crippen LogP contribution in [0.15, 0.2) is 18.2 Å². The standard InChI is InChI=1S/C15H18ClFN2O2/c1-11(20)18-6-3-7-19(9-8-18)15(21)10-12-13(16)4-2-5-14(12)17/h2,4-5H,3,6-10H2,1H3. The van der Waals surface area contributed by atoms with E-state index in [2.05, 4.69) is 0 Å². The van der Waals surface area contributed by atoms with Crippen LogP contribution < -0.4 is 0 Å². The van der Waals surface area contributed by atoms with Crippen LogP contribution in [0.25, 0.3) is 0 Å². The fourth-order valence-corrected chi connectivity index (χ4v) is 2.68. The number of hydrogen-bond donors (Lipinski definition) is 0. The molecule has 2 rings (SSSR count). The highest BCUT2D eigenvalue weighted by atomic mass is 35.5. The van der Waals surface area contributed by atoms with Gasteiger partial charge in [0.15, 0.2) is 0 Å². The summed E-state index contributed by atoms with van der Waals surface area (Å²) in [5.41, 5.74) is 0.233. The van der Waals surface area contributed by atoms with Gasteiger partial charge in [-0.15, -0.1) is 0 Å². The van der Waals surface area contributed by atoms with Crippen LogP contribution in [-0.2, 0) is 16.0 Å². The second kappa shape index (κ2) is 6.89. The Hall–Kier alpha value is -1.62. The minimum atomic E-state index is -0.462. The fourth-order valence-electron chi connectivity index (χ4n) is 2.45. The Morgan fingerprint density at radius 2 is 1.86 bits per heavy atom. The van der Waals surface area contributed by atoms with Gasteiger partial charge in [0.2, 0.25) is 11.8 Å². The second-order valence-electron chi connectivity index (χ2n) is 5.12. The maximum absolute atomic E-state index is 13.7. The van der Waals surface area contributed by atoms with E-state index < -0.39 is 5.82 Å². The Morgan fingerprint density at radius 3 is 2.52 bits per heavy atom. The number of halogens is 2. The van der Waals surface area contributed by atoms with Crippen molar-refractivity contribution in [1.82, 2.24) is 9.80 Å². The predicted molar refractivity (Wildman–Crippen MR) is 78.6 cm³/mol. The summed E-state index contributed by atoms with van der Waals surface area (Å²) in [6.45, 7) is 3.75. The lowest BCUT2D eigenvalue weighted by molar-refractivity contribution is -0.132. The van der Waals surface area contributed by atoms with Crippen LogP contribution >= 0.6 is 11.6 Å². The van der Waals surface area contributed by atoms with E-state index in [4.69, 9.17) is 11.6 Å². The van der Waals surface area contributed by atoms with Gasteiger partial charge in [-0.2, -0.15) is 0 Å². The molecule has 2 amide bonds. The molecule has 1 aromatic rings. The number of carbonyl (C=O) groups is 2. The zero-order chi connectivity index (χ0) is 15.4. The van der Waals surface area contributed by atoms with Gasteiger partial charge in [0.1, 0.15) is 5.82 Å². The van der Waals surface area contributed by atoms with E-state index in [0.29, 0.717) is 26.2 Å². The first-order valence-corrected chi connectivity index (χ1v) is 7.33. The predicted octanol–water partition coefficient (Wildman–Crippen LogP) is 2.10. The van der Waals surface area contributed by atoms with Gasteiger partial charge in [-0.3, -0.25) is 9.59 Å². The highest BCUT2D eigenvalue weighted by Crippen LogP contribution is 2.20. The average molecular weight is 313 g/mol. The Morgan fingerprint density at radius 1 is 1.19 bits per heavy atom. The molecule has 0 aromatic heterocycles. The normalized spacial score (nSPS) is 15.8. The van der Waals surface area contributed by atoms with Crippen LogP contribution in [0.3, 0.4) is 0 Å². The first-order chi connectivity index (χ1) is 9.99. The molecule has 1 aromatic carbocycles. The first-order valence-electron chi connectivity index (χ1n) is 6.95. The van der Waals surface area contributed by atoms with E-state index in [0.717, 1.165) is 6.42 Å². The van der Waals surface area contributed by atoms with Crippen molar-refractivity contribution >= 4 is 23.4 Å². The monoisotopic (exact) mass is 312 g/mol. The van der Waals surface area contributed by atoms with Crippen molar-refractivity contribution in [3.05, 3.63) is 34.6 Å². The smallest absolute Gasteiger partial charge is 0.227 e. The number of nitrogens with zero attached hydrogens (tertiary/aromatic N) is 2. The Labute approximate surface area is 128 Å². The quantitative estimate of drug-likeness (QED) is 0.839. The van der Waals surface area contributed by atoms with E-state index in [-0.39, 0.29) is 28.8 Å². The van der Waals surface area contributed by atoms with Gasteiger partial charge < -0.3 is 9.80 Å². The number of rotatable bonds is 2. The van der Waals surface area contributed by atoms with Crippen LogP contribution in [0.4, 0.5) is 4.39 Å². The van der Waals surface area contributed by atoms with Gasteiger partial charge in [0.05, 0.1) is 6.42 Å². The van der Waals surface area contributed by atoms with E-state index >= 15 is 0 Å². The summed E-state index contributed by atoms with van der Waals surface area (Å²) in [5.74, 6) is -0.607. The lowest BCUT2D eigenvalue weighted by atomic mass is 10.1. The summed E-state index contributed by atoms with van der Waals surface area (Å²) in [5, 5.41) is 0.267. The van der Waals surface area contributed by atoms with Gasteiger partial charge in [-0.05, 0) is 18.6 Å². The molecule has 0 N–H and O–H groups in total. The van der Waals surface area contributed by atoms with Crippen molar-refractivity contribution in [2.75, 3.05) is 26.2 Å². The summed E-state index contributed by atoms with van der Waals surface area (Å²) >= 11 is 5.95. The minimum absolute atomic E-state index is 0.0152. The zero-order valence-corrected chi connectivity index (χ0v) is 12.7. The lowest BCUT2D eigenvalue weighted by Gasteiger charge is -2.21. The van der Waals surface area contributed by atoms with Crippen LogP contribution in [0, 0.1) is 5.82 Å². The summed E-state index contributed by atoms with van der Waals surface area (Å²) in [4.78, 5) is 27.1. The van der Waals surface area contributed by atoms with E-state index in [1.165, 1.54) is 19.1 Å². The molecule has 4 nitrogen and oxygen atoms in total. The van der Waals surface area contributed by atoms with Crippen LogP contribution in [-0.4, -0.2) is 47.8 Å². The molecule has 0 bridgehead atoms. The third kappa shape index (κ3) is 3.94. The van der Waals surface area contributed by atoms with Crippen molar-refractivity contribution in [2.45, 2.75) is 19.8 Å². The number of benzene rings is 1. The van der Waals surface area contributed by atoms with Gasteiger partial charge in [-0.25, -0.2) is 4.39 Å². The number of hydrogen-bond acceptors (Lipinski definition) is 2. The summed E-state index contributed by atoms with van der Waals surface area (Å²) in [6, 6.07) is 4.39. The van der Waals surface area contributed by atoms with Gasteiger partial charge >= 0.3 is 0 Å². The summed E-state index contributed by atoms with van der Waals surface area (Å²) in [6.07, 6.45) is 0.682. The topological polar surface area (TPSA) is 40.6 Å². The third-order valence-electron chi connectivity index (χ3n) is 3.68. The minimum Gasteiger partial charge on any atom is -0.341 e. The Balaban J connectivity index is 2.02. The fraction of sp³-hybridized carbons (Fsp3) is 0.467. The molecule has 6 heteroatoms. The molecule has 0 unspecified atom stereocenters. The van der Waals surface area contributed by atoms with Crippen LogP contribution in [0.5, 0.6) is 0 Å². The first kappa shape index (κ1) is 15.8. The Bertz CT molecular complexity index is 530. The summed E-state index contributed by atoms with van der Waals surface area (Å²) in [7, 11) is 0. The molecule has 21 heavy (non-hydrogen) atoms.